The fourth-order valence-corrected chi connectivity index (χ4v) is 1.25. The number of hydrogen-bond acceptors (Lipinski definition) is 4. The zero-order valence-corrected chi connectivity index (χ0v) is 9.12. The molecule has 6 heteroatoms. The molecule has 1 rings (SSSR count). The number of azide groups is 1. The van der Waals surface area contributed by atoms with E-state index >= 15 is 0 Å². The quantitative estimate of drug-likeness (QED) is 0.337. The fraction of sp³-hybridized carbons (Fsp3) is 0.400. The first-order valence-electron chi connectivity index (χ1n) is 4.75. The van der Waals surface area contributed by atoms with Crippen molar-refractivity contribution in [1.82, 2.24) is 4.98 Å². The molecular weight excluding hydrogens is 208 g/mol. The molecule has 0 aromatic carbocycles. The highest BCUT2D eigenvalue weighted by Crippen LogP contribution is 2.16. The van der Waals surface area contributed by atoms with Crippen LogP contribution in [0.3, 0.4) is 0 Å². The number of pyridine rings is 1. The molecule has 0 aliphatic carbocycles. The van der Waals surface area contributed by atoms with Crippen molar-refractivity contribution in [3.8, 4) is 0 Å². The molecule has 0 saturated heterocycles. The summed E-state index contributed by atoms with van der Waals surface area (Å²) in [7, 11) is 0. The van der Waals surface area contributed by atoms with Gasteiger partial charge in [-0.3, -0.25) is 9.78 Å². The van der Waals surface area contributed by atoms with Crippen LogP contribution in [-0.2, 0) is 9.53 Å². The molecule has 84 valence electrons. The first-order valence-corrected chi connectivity index (χ1v) is 4.75. The second-order valence-corrected chi connectivity index (χ2v) is 3.22. The van der Waals surface area contributed by atoms with Gasteiger partial charge in [0.1, 0.15) is 6.10 Å². The van der Waals surface area contributed by atoms with E-state index in [-0.39, 0.29) is 6.54 Å². The van der Waals surface area contributed by atoms with Gasteiger partial charge in [0, 0.05) is 17.5 Å². The summed E-state index contributed by atoms with van der Waals surface area (Å²) in [4.78, 5) is 17.7. The third-order valence-electron chi connectivity index (χ3n) is 1.86. The lowest BCUT2D eigenvalue weighted by atomic mass is 10.2. The maximum atomic E-state index is 10.9. The molecule has 0 saturated carbocycles. The number of carbonyl (C=O) groups excluding carboxylic acids is 1. The standard InChI is InChI=1S/C10H12N4O2/c1-7-4-3-5-9(13-7)10(6-12-14-11)16-8(2)15/h3-5,10H,6H2,1-2H3/t10-/m1/s1. The smallest absolute Gasteiger partial charge is 0.303 e. The van der Waals surface area contributed by atoms with E-state index < -0.39 is 12.1 Å². The van der Waals surface area contributed by atoms with Crippen LogP contribution < -0.4 is 0 Å². The number of hydrogen-bond donors (Lipinski definition) is 0. The average molecular weight is 220 g/mol. The van der Waals surface area contributed by atoms with Crippen molar-refractivity contribution in [2.45, 2.75) is 20.0 Å². The molecule has 16 heavy (non-hydrogen) atoms. The number of nitrogens with zero attached hydrogens (tertiary/aromatic N) is 4. The second kappa shape index (κ2) is 5.72. The zero-order chi connectivity index (χ0) is 12.0. The monoisotopic (exact) mass is 220 g/mol. The van der Waals surface area contributed by atoms with E-state index in [9.17, 15) is 4.79 Å². The molecule has 0 unspecified atom stereocenters. The molecule has 1 heterocycles. The van der Waals surface area contributed by atoms with Crippen molar-refractivity contribution in [1.29, 1.82) is 0 Å². The minimum absolute atomic E-state index is 0.0481. The maximum Gasteiger partial charge on any atom is 0.303 e. The third kappa shape index (κ3) is 3.59. The molecule has 1 atom stereocenters. The maximum absolute atomic E-state index is 10.9. The Morgan fingerprint density at radius 2 is 2.44 bits per heavy atom. The molecular formula is C10H12N4O2. The van der Waals surface area contributed by atoms with Gasteiger partial charge in [-0.25, -0.2) is 0 Å². The Labute approximate surface area is 92.9 Å². The van der Waals surface area contributed by atoms with Gasteiger partial charge in [-0.15, -0.1) is 0 Å². The van der Waals surface area contributed by atoms with E-state index in [1.54, 1.807) is 6.07 Å². The molecule has 0 amide bonds. The normalized spacial score (nSPS) is 11.4. The number of aryl methyl sites for hydroxylation is 1. The van der Waals surface area contributed by atoms with Crippen molar-refractivity contribution in [2.24, 2.45) is 5.11 Å². The van der Waals surface area contributed by atoms with E-state index in [2.05, 4.69) is 15.0 Å². The molecule has 0 spiro atoms. The summed E-state index contributed by atoms with van der Waals surface area (Å²) >= 11 is 0. The fourth-order valence-electron chi connectivity index (χ4n) is 1.25. The van der Waals surface area contributed by atoms with Crippen molar-refractivity contribution in [3.63, 3.8) is 0 Å². The number of aromatic nitrogens is 1. The van der Waals surface area contributed by atoms with E-state index in [4.69, 9.17) is 10.3 Å². The summed E-state index contributed by atoms with van der Waals surface area (Å²) in [5, 5.41) is 3.39. The summed E-state index contributed by atoms with van der Waals surface area (Å²) in [5.74, 6) is -0.429. The number of ether oxygens (including phenoxy) is 1. The predicted molar refractivity (Wildman–Crippen MR) is 57.5 cm³/mol. The Hall–Kier alpha value is -2.07. The zero-order valence-electron chi connectivity index (χ0n) is 9.12. The topological polar surface area (TPSA) is 88.0 Å². The molecule has 0 radical (unpaired) electrons. The lowest BCUT2D eigenvalue weighted by Crippen LogP contribution is -2.13. The summed E-state index contributed by atoms with van der Waals surface area (Å²) in [6.45, 7) is 3.19. The van der Waals surface area contributed by atoms with Crippen LogP contribution in [0.15, 0.2) is 23.3 Å². The molecule has 0 bridgehead atoms. The minimum atomic E-state index is -0.617. The van der Waals surface area contributed by atoms with Gasteiger partial charge in [0.05, 0.1) is 12.2 Å². The van der Waals surface area contributed by atoms with Gasteiger partial charge in [0.2, 0.25) is 0 Å². The molecule has 0 aliphatic rings. The van der Waals surface area contributed by atoms with Crippen molar-refractivity contribution in [2.75, 3.05) is 6.54 Å². The van der Waals surface area contributed by atoms with Crippen LogP contribution in [-0.4, -0.2) is 17.5 Å². The van der Waals surface area contributed by atoms with Crippen LogP contribution in [0.2, 0.25) is 0 Å². The highest BCUT2D eigenvalue weighted by atomic mass is 16.5. The average Bonchev–Trinajstić information content (AvgIpc) is 2.23. The van der Waals surface area contributed by atoms with Crippen LogP contribution in [0.25, 0.3) is 10.4 Å². The summed E-state index contributed by atoms with van der Waals surface area (Å²) in [5.41, 5.74) is 9.65. The predicted octanol–water partition coefficient (Wildman–Crippen LogP) is 2.30. The van der Waals surface area contributed by atoms with Crippen LogP contribution >= 0.6 is 0 Å². The lowest BCUT2D eigenvalue weighted by Gasteiger charge is -2.14. The van der Waals surface area contributed by atoms with Crippen LogP contribution in [0, 0.1) is 6.92 Å². The van der Waals surface area contributed by atoms with E-state index in [0.29, 0.717) is 5.69 Å². The van der Waals surface area contributed by atoms with Gasteiger partial charge in [0.15, 0.2) is 0 Å². The van der Waals surface area contributed by atoms with E-state index in [0.717, 1.165) is 5.69 Å². The third-order valence-corrected chi connectivity index (χ3v) is 1.86. The summed E-state index contributed by atoms with van der Waals surface area (Å²) in [6.07, 6.45) is -0.617. The molecule has 6 nitrogen and oxygen atoms in total. The highest BCUT2D eigenvalue weighted by molar-refractivity contribution is 5.66. The van der Waals surface area contributed by atoms with Gasteiger partial charge in [-0.1, -0.05) is 11.2 Å². The molecule has 0 aliphatic heterocycles. The first-order chi connectivity index (χ1) is 7.63. The van der Waals surface area contributed by atoms with Crippen molar-refractivity contribution >= 4 is 5.97 Å². The van der Waals surface area contributed by atoms with E-state index in [1.165, 1.54) is 6.92 Å². The Morgan fingerprint density at radius 1 is 1.69 bits per heavy atom. The summed E-state index contributed by atoms with van der Waals surface area (Å²) < 4.78 is 5.03. The van der Waals surface area contributed by atoms with Gasteiger partial charge >= 0.3 is 5.97 Å². The van der Waals surface area contributed by atoms with Gasteiger partial charge in [-0.05, 0) is 24.6 Å². The lowest BCUT2D eigenvalue weighted by molar-refractivity contribution is -0.146. The van der Waals surface area contributed by atoms with Gasteiger partial charge in [0.25, 0.3) is 0 Å². The largest absolute Gasteiger partial charge is 0.456 e. The number of carbonyl (C=O) groups is 1. The van der Waals surface area contributed by atoms with Crippen molar-refractivity contribution in [3.05, 3.63) is 40.0 Å². The second-order valence-electron chi connectivity index (χ2n) is 3.22. The molecule has 1 aromatic heterocycles. The Kier molecular flexibility index (Phi) is 4.29. The Balaban J connectivity index is 2.90. The highest BCUT2D eigenvalue weighted by Gasteiger charge is 2.15. The first kappa shape index (κ1) is 12.0. The SMILES string of the molecule is CC(=O)O[C@H](CN=[N+]=[N-])c1cccc(C)n1. The Bertz CT molecular complexity index is 423. The molecule has 0 fully saturated rings. The Morgan fingerprint density at radius 3 is 3.00 bits per heavy atom. The van der Waals surface area contributed by atoms with Crippen LogP contribution in [0.5, 0.6) is 0 Å². The summed E-state index contributed by atoms with van der Waals surface area (Å²) in [6, 6.07) is 5.37. The van der Waals surface area contributed by atoms with Crippen LogP contribution in [0.4, 0.5) is 0 Å². The van der Waals surface area contributed by atoms with Gasteiger partial charge in [-0.2, -0.15) is 0 Å². The molecule has 0 N–H and O–H groups in total. The molecule has 1 aromatic rings. The number of esters is 1. The minimum Gasteiger partial charge on any atom is -0.456 e. The van der Waals surface area contributed by atoms with Crippen LogP contribution in [0.1, 0.15) is 24.4 Å². The number of rotatable bonds is 4. The van der Waals surface area contributed by atoms with Gasteiger partial charge < -0.3 is 4.74 Å². The van der Waals surface area contributed by atoms with Crippen molar-refractivity contribution < 1.29 is 9.53 Å². The van der Waals surface area contributed by atoms with E-state index in [1.807, 2.05) is 19.1 Å².